The molecule has 2 atom stereocenters. The Bertz CT molecular complexity index is 832. The van der Waals surface area contributed by atoms with E-state index in [4.69, 9.17) is 0 Å². The molecule has 6 heteroatoms. The maximum atomic E-state index is 12.5. The summed E-state index contributed by atoms with van der Waals surface area (Å²) < 4.78 is 0. The summed E-state index contributed by atoms with van der Waals surface area (Å²) >= 11 is 0. The molecule has 0 aromatic carbocycles. The van der Waals surface area contributed by atoms with Crippen molar-refractivity contribution >= 4 is 22.5 Å². The monoisotopic (exact) mass is 367 g/mol. The number of amides is 1. The molecule has 0 spiro atoms. The number of nitrogens with one attached hydrogen (secondary N) is 1. The Morgan fingerprint density at radius 1 is 1.26 bits per heavy atom. The largest absolute Gasteiger partial charge is 0.367 e. The van der Waals surface area contributed by atoms with Gasteiger partial charge < -0.3 is 15.1 Å². The van der Waals surface area contributed by atoms with Gasteiger partial charge in [0.25, 0.3) is 0 Å². The molecule has 4 heterocycles. The van der Waals surface area contributed by atoms with Crippen molar-refractivity contribution in [1.29, 1.82) is 0 Å². The molecule has 144 valence electrons. The third kappa shape index (κ3) is 3.90. The van der Waals surface area contributed by atoms with E-state index < -0.39 is 0 Å². The predicted molar refractivity (Wildman–Crippen MR) is 108 cm³/mol. The molecule has 6 nitrogen and oxygen atoms in total. The number of likely N-dealkylation sites (tertiary alicyclic amines) is 1. The van der Waals surface area contributed by atoms with E-state index >= 15 is 0 Å². The van der Waals surface area contributed by atoms with Gasteiger partial charge in [-0.3, -0.25) is 14.8 Å². The number of rotatable bonds is 4. The van der Waals surface area contributed by atoms with Crippen LogP contribution in [0.3, 0.4) is 0 Å². The molecule has 2 aliphatic rings. The van der Waals surface area contributed by atoms with Gasteiger partial charge in [0.05, 0.1) is 23.1 Å². The van der Waals surface area contributed by atoms with Crippen molar-refractivity contribution in [3.8, 4) is 0 Å². The molecule has 1 amide bonds. The summed E-state index contributed by atoms with van der Waals surface area (Å²) in [4.78, 5) is 26.2. The van der Waals surface area contributed by atoms with Crippen molar-refractivity contribution in [3.05, 3.63) is 30.2 Å². The van der Waals surface area contributed by atoms with Crippen molar-refractivity contribution in [2.45, 2.75) is 32.7 Å². The lowest BCUT2D eigenvalue weighted by atomic mass is 9.93. The lowest BCUT2D eigenvalue weighted by Gasteiger charge is -2.39. The van der Waals surface area contributed by atoms with Crippen LogP contribution in [0.25, 0.3) is 10.9 Å². The number of fused-ring (bicyclic) bond motifs is 1. The van der Waals surface area contributed by atoms with E-state index in [1.54, 1.807) is 0 Å². The first-order valence-corrected chi connectivity index (χ1v) is 9.92. The second-order valence-corrected chi connectivity index (χ2v) is 8.43. The van der Waals surface area contributed by atoms with E-state index in [2.05, 4.69) is 45.1 Å². The first-order chi connectivity index (χ1) is 13.0. The maximum absolute atomic E-state index is 12.5. The topological polar surface area (TPSA) is 61.4 Å². The number of anilines is 1. The van der Waals surface area contributed by atoms with Crippen LogP contribution in [0.2, 0.25) is 0 Å². The van der Waals surface area contributed by atoms with Crippen LogP contribution in [-0.2, 0) is 4.79 Å². The summed E-state index contributed by atoms with van der Waals surface area (Å²) in [6.07, 6.45) is 5.46. The van der Waals surface area contributed by atoms with Gasteiger partial charge in [0.15, 0.2) is 0 Å². The maximum Gasteiger partial charge on any atom is 0.220 e. The van der Waals surface area contributed by atoms with Gasteiger partial charge >= 0.3 is 0 Å². The highest BCUT2D eigenvalue weighted by Crippen LogP contribution is 2.30. The summed E-state index contributed by atoms with van der Waals surface area (Å²) in [7, 11) is 2.10. The van der Waals surface area contributed by atoms with Crippen molar-refractivity contribution < 1.29 is 4.79 Å². The second kappa shape index (κ2) is 7.43. The highest BCUT2D eigenvalue weighted by molar-refractivity contribution is 5.92. The van der Waals surface area contributed by atoms with Crippen LogP contribution in [0.4, 0.5) is 5.69 Å². The third-order valence-corrected chi connectivity index (χ3v) is 5.79. The SMILES string of the molecule is Cc1ncc(N2CC(C)CC(NC(=O)CC3CN(C)C3)C2)c2cccnc12. The lowest BCUT2D eigenvalue weighted by Crippen LogP contribution is -2.52. The Morgan fingerprint density at radius 2 is 2.07 bits per heavy atom. The fourth-order valence-electron chi connectivity index (χ4n) is 4.60. The van der Waals surface area contributed by atoms with E-state index in [1.165, 1.54) is 0 Å². The van der Waals surface area contributed by atoms with Crippen LogP contribution >= 0.6 is 0 Å². The van der Waals surface area contributed by atoms with Crippen LogP contribution in [0, 0.1) is 18.8 Å². The zero-order valence-corrected chi connectivity index (χ0v) is 16.5. The molecule has 2 fully saturated rings. The van der Waals surface area contributed by atoms with Crippen molar-refractivity contribution in [2.75, 3.05) is 38.1 Å². The number of aryl methyl sites for hydroxylation is 1. The number of piperidine rings is 1. The normalized spacial score (nSPS) is 24.0. The number of carbonyl (C=O) groups excluding carboxylic acids is 1. The summed E-state index contributed by atoms with van der Waals surface area (Å²) in [5, 5.41) is 4.43. The van der Waals surface area contributed by atoms with Crippen molar-refractivity contribution in [1.82, 2.24) is 20.2 Å². The second-order valence-electron chi connectivity index (χ2n) is 8.43. The molecular weight excluding hydrogens is 338 g/mol. The molecule has 0 saturated carbocycles. The molecule has 2 aromatic heterocycles. The Labute approximate surface area is 161 Å². The smallest absolute Gasteiger partial charge is 0.220 e. The summed E-state index contributed by atoms with van der Waals surface area (Å²) in [6.45, 7) is 8.14. The molecule has 2 aromatic rings. The fraction of sp³-hybridized carbons (Fsp3) is 0.571. The predicted octanol–water partition coefficient (Wildman–Crippen LogP) is 2.22. The number of carbonyl (C=O) groups is 1. The third-order valence-electron chi connectivity index (χ3n) is 5.79. The molecule has 2 unspecified atom stereocenters. The zero-order valence-electron chi connectivity index (χ0n) is 16.5. The van der Waals surface area contributed by atoms with E-state index in [9.17, 15) is 4.79 Å². The Balaban J connectivity index is 1.48. The van der Waals surface area contributed by atoms with E-state index in [0.717, 1.165) is 54.9 Å². The number of aromatic nitrogens is 2. The molecular formula is C21H29N5O. The molecule has 2 aliphatic heterocycles. The van der Waals surface area contributed by atoms with E-state index in [0.29, 0.717) is 18.3 Å². The van der Waals surface area contributed by atoms with Crippen LogP contribution in [0.15, 0.2) is 24.5 Å². The molecule has 4 rings (SSSR count). The van der Waals surface area contributed by atoms with Crippen LogP contribution in [-0.4, -0.2) is 60.0 Å². The number of hydrogen-bond acceptors (Lipinski definition) is 5. The minimum atomic E-state index is 0.187. The minimum Gasteiger partial charge on any atom is -0.367 e. The summed E-state index contributed by atoms with van der Waals surface area (Å²) in [5.41, 5.74) is 3.03. The highest BCUT2D eigenvalue weighted by atomic mass is 16.1. The number of nitrogens with zero attached hydrogens (tertiary/aromatic N) is 4. The first-order valence-electron chi connectivity index (χ1n) is 9.92. The Morgan fingerprint density at radius 3 is 2.85 bits per heavy atom. The molecule has 1 N–H and O–H groups in total. The van der Waals surface area contributed by atoms with Gasteiger partial charge in [0, 0.05) is 50.2 Å². The molecule has 0 aliphatic carbocycles. The van der Waals surface area contributed by atoms with Gasteiger partial charge in [0.1, 0.15) is 0 Å². The zero-order chi connectivity index (χ0) is 19.0. The van der Waals surface area contributed by atoms with Crippen molar-refractivity contribution in [2.24, 2.45) is 11.8 Å². The fourth-order valence-corrected chi connectivity index (χ4v) is 4.60. The molecule has 0 bridgehead atoms. The molecule has 2 saturated heterocycles. The Hall–Kier alpha value is -2.21. The van der Waals surface area contributed by atoms with Gasteiger partial charge in [-0.2, -0.15) is 0 Å². The average Bonchev–Trinajstić information content (AvgIpc) is 2.60. The molecule has 27 heavy (non-hydrogen) atoms. The Kier molecular flexibility index (Phi) is 5.00. The van der Waals surface area contributed by atoms with Gasteiger partial charge in [-0.25, -0.2) is 0 Å². The van der Waals surface area contributed by atoms with Crippen LogP contribution in [0.1, 0.15) is 25.5 Å². The van der Waals surface area contributed by atoms with Crippen LogP contribution in [0.5, 0.6) is 0 Å². The standard InChI is InChI=1S/C21H29N5O/c1-14-7-17(24-20(27)8-16-11-25(3)12-16)13-26(10-14)19-9-23-15(2)21-18(19)5-4-6-22-21/h4-6,9,14,16-17H,7-8,10-13H2,1-3H3,(H,24,27). The van der Waals surface area contributed by atoms with Gasteiger partial charge in [-0.1, -0.05) is 6.92 Å². The number of hydrogen-bond donors (Lipinski definition) is 1. The quantitative estimate of drug-likeness (QED) is 0.898. The highest BCUT2D eigenvalue weighted by Gasteiger charge is 2.30. The number of pyridine rings is 2. The summed E-state index contributed by atoms with van der Waals surface area (Å²) in [5.74, 6) is 1.23. The lowest BCUT2D eigenvalue weighted by molar-refractivity contribution is -0.124. The van der Waals surface area contributed by atoms with Gasteiger partial charge in [-0.05, 0) is 44.4 Å². The molecule has 0 radical (unpaired) electrons. The average molecular weight is 367 g/mol. The van der Waals surface area contributed by atoms with Gasteiger partial charge in [0.2, 0.25) is 5.91 Å². The summed E-state index contributed by atoms with van der Waals surface area (Å²) in [6, 6.07) is 4.28. The first kappa shape index (κ1) is 18.2. The van der Waals surface area contributed by atoms with E-state index in [1.807, 2.05) is 25.4 Å². The van der Waals surface area contributed by atoms with Gasteiger partial charge in [-0.15, -0.1) is 0 Å². The van der Waals surface area contributed by atoms with Crippen molar-refractivity contribution in [3.63, 3.8) is 0 Å². The van der Waals surface area contributed by atoms with E-state index in [-0.39, 0.29) is 11.9 Å². The van der Waals surface area contributed by atoms with Crippen LogP contribution < -0.4 is 10.2 Å². The minimum absolute atomic E-state index is 0.187.